The van der Waals surface area contributed by atoms with Gasteiger partial charge in [0.05, 0.1) is 11.0 Å². The summed E-state index contributed by atoms with van der Waals surface area (Å²) in [5, 5.41) is 5.87. The summed E-state index contributed by atoms with van der Waals surface area (Å²) in [4.78, 5) is 0. The first-order valence-corrected chi connectivity index (χ1v) is 17.4. The molecular weight excluding hydrogens is 611 g/mol. The van der Waals surface area contributed by atoms with Crippen LogP contribution in [0.4, 0.5) is 0 Å². The van der Waals surface area contributed by atoms with Crippen molar-refractivity contribution in [3.8, 4) is 27.9 Å². The molecule has 0 aliphatic rings. The predicted molar refractivity (Wildman–Crippen MR) is 211 cm³/mol. The normalized spacial score (nSPS) is 12.1. The minimum absolute atomic E-state index is 0.802. The standard InChI is InChI=1S/C47H37NO2/c1-5-7-8-17-34-37-20-13-21-38(47(37)50-41(34)6-2)36-19-14-22-39-45(36)46-40(27-24-30(4)44(46)32-16-10-9-15-29(32)3)48(39)31-25-26-35-33-18-11-12-23-42(33)49-43(35)28-31/h5,7-16,18-28H,1,6,17H2,2-4H3/b8-7-. The molecule has 0 bridgehead atoms. The molecule has 50 heavy (non-hydrogen) atoms. The number of hydrogen-bond acceptors (Lipinski definition) is 2. The number of nitrogens with zero attached hydrogens (tertiary/aromatic N) is 1. The first-order valence-electron chi connectivity index (χ1n) is 17.4. The molecule has 0 saturated carbocycles. The summed E-state index contributed by atoms with van der Waals surface area (Å²) in [5.74, 6) is 1.03. The molecule has 242 valence electrons. The summed E-state index contributed by atoms with van der Waals surface area (Å²) < 4.78 is 15.6. The first-order chi connectivity index (χ1) is 24.6. The van der Waals surface area contributed by atoms with Gasteiger partial charge in [0.25, 0.3) is 0 Å². The largest absolute Gasteiger partial charge is 0.460 e. The van der Waals surface area contributed by atoms with E-state index >= 15 is 0 Å². The Morgan fingerprint density at radius 3 is 2.24 bits per heavy atom. The number of hydrogen-bond donors (Lipinski definition) is 0. The fourth-order valence-electron chi connectivity index (χ4n) is 8.03. The van der Waals surface area contributed by atoms with Crippen LogP contribution in [-0.2, 0) is 12.8 Å². The van der Waals surface area contributed by atoms with Crippen LogP contribution < -0.4 is 0 Å². The lowest BCUT2D eigenvalue weighted by atomic mass is 9.90. The summed E-state index contributed by atoms with van der Waals surface area (Å²) in [6, 6.07) is 41.5. The Balaban J connectivity index is 1.40. The zero-order valence-electron chi connectivity index (χ0n) is 28.6. The zero-order chi connectivity index (χ0) is 33.9. The van der Waals surface area contributed by atoms with Gasteiger partial charge in [-0.15, -0.1) is 0 Å². The highest BCUT2D eigenvalue weighted by molar-refractivity contribution is 6.22. The lowest BCUT2D eigenvalue weighted by Crippen LogP contribution is -1.94. The average Bonchev–Trinajstić information content (AvgIpc) is 3.81. The van der Waals surface area contributed by atoms with E-state index in [1.165, 1.54) is 44.0 Å². The summed E-state index contributed by atoms with van der Waals surface area (Å²) in [7, 11) is 0. The molecule has 0 unspecified atom stereocenters. The molecule has 9 rings (SSSR count). The Morgan fingerprint density at radius 2 is 1.38 bits per heavy atom. The van der Waals surface area contributed by atoms with Crippen LogP contribution in [0.5, 0.6) is 0 Å². The lowest BCUT2D eigenvalue weighted by molar-refractivity contribution is 0.552. The zero-order valence-corrected chi connectivity index (χ0v) is 28.6. The van der Waals surface area contributed by atoms with E-state index in [0.717, 1.165) is 74.0 Å². The fourth-order valence-corrected chi connectivity index (χ4v) is 8.03. The second-order valence-electron chi connectivity index (χ2n) is 13.2. The van der Waals surface area contributed by atoms with Crippen LogP contribution in [0.2, 0.25) is 0 Å². The molecule has 0 N–H and O–H groups in total. The second kappa shape index (κ2) is 11.8. The maximum atomic E-state index is 6.77. The van der Waals surface area contributed by atoms with Gasteiger partial charge in [-0.05, 0) is 78.4 Å². The molecule has 0 fully saturated rings. The van der Waals surface area contributed by atoms with E-state index in [2.05, 4.69) is 141 Å². The maximum absolute atomic E-state index is 6.77. The van der Waals surface area contributed by atoms with Crippen LogP contribution in [0, 0.1) is 13.8 Å². The second-order valence-corrected chi connectivity index (χ2v) is 13.2. The van der Waals surface area contributed by atoms with Crippen LogP contribution in [0.1, 0.15) is 29.4 Å². The molecule has 0 saturated heterocycles. The molecule has 0 radical (unpaired) electrons. The van der Waals surface area contributed by atoms with Gasteiger partial charge < -0.3 is 13.4 Å². The van der Waals surface area contributed by atoms with Crippen molar-refractivity contribution in [2.45, 2.75) is 33.6 Å². The highest BCUT2D eigenvalue weighted by Gasteiger charge is 2.24. The Labute approximate surface area is 291 Å². The number of aromatic nitrogens is 1. The van der Waals surface area contributed by atoms with Gasteiger partial charge in [-0.2, -0.15) is 0 Å². The van der Waals surface area contributed by atoms with Crippen LogP contribution >= 0.6 is 0 Å². The molecule has 3 nitrogen and oxygen atoms in total. The van der Waals surface area contributed by atoms with Crippen molar-refractivity contribution in [2.75, 3.05) is 0 Å². The van der Waals surface area contributed by atoms with Crippen molar-refractivity contribution in [1.82, 2.24) is 4.57 Å². The number of allylic oxidation sites excluding steroid dienone is 3. The summed E-state index contributed by atoms with van der Waals surface area (Å²) in [6.07, 6.45) is 7.63. The summed E-state index contributed by atoms with van der Waals surface area (Å²) in [6.45, 7) is 10.5. The van der Waals surface area contributed by atoms with Crippen molar-refractivity contribution < 1.29 is 8.83 Å². The van der Waals surface area contributed by atoms with Gasteiger partial charge in [-0.3, -0.25) is 0 Å². The van der Waals surface area contributed by atoms with E-state index in [4.69, 9.17) is 8.83 Å². The molecule has 3 heterocycles. The van der Waals surface area contributed by atoms with Crippen LogP contribution in [0.3, 0.4) is 0 Å². The van der Waals surface area contributed by atoms with Gasteiger partial charge in [-0.25, -0.2) is 0 Å². The third kappa shape index (κ3) is 4.50. The SMILES string of the molecule is C=C/C=C\Cc1c(CC)oc2c(-c3cccc4c3c3c(-c5ccccc5C)c(C)ccc3n4-c3ccc4c(c3)oc3ccccc34)cccc12. The van der Waals surface area contributed by atoms with E-state index in [1.54, 1.807) is 0 Å². The van der Waals surface area contributed by atoms with Gasteiger partial charge in [-0.1, -0.05) is 111 Å². The van der Waals surface area contributed by atoms with E-state index in [9.17, 15) is 0 Å². The summed E-state index contributed by atoms with van der Waals surface area (Å²) >= 11 is 0. The number of rotatable bonds is 7. The van der Waals surface area contributed by atoms with Crippen molar-refractivity contribution in [3.63, 3.8) is 0 Å². The third-order valence-electron chi connectivity index (χ3n) is 10.3. The lowest BCUT2D eigenvalue weighted by Gasteiger charge is -2.13. The monoisotopic (exact) mass is 647 g/mol. The number of fused-ring (bicyclic) bond motifs is 7. The quantitative estimate of drug-likeness (QED) is 0.161. The van der Waals surface area contributed by atoms with E-state index in [1.807, 2.05) is 24.3 Å². The molecule has 9 aromatic rings. The number of furan rings is 2. The highest BCUT2D eigenvalue weighted by atomic mass is 16.3. The predicted octanol–water partition coefficient (Wildman–Crippen LogP) is 13.2. The maximum Gasteiger partial charge on any atom is 0.142 e. The van der Waals surface area contributed by atoms with E-state index < -0.39 is 0 Å². The Kier molecular flexibility index (Phi) is 7.10. The van der Waals surface area contributed by atoms with Crippen molar-refractivity contribution in [1.29, 1.82) is 0 Å². The Hall–Kier alpha value is -6.06. The smallest absolute Gasteiger partial charge is 0.142 e. The van der Waals surface area contributed by atoms with E-state index in [-0.39, 0.29) is 0 Å². The molecule has 3 heteroatoms. The molecule has 0 aliphatic heterocycles. The fraction of sp³-hybridized carbons (Fsp3) is 0.106. The Bertz CT molecular complexity index is 2820. The van der Waals surface area contributed by atoms with Crippen molar-refractivity contribution in [3.05, 3.63) is 163 Å². The molecule has 3 aromatic heterocycles. The molecule has 0 amide bonds. The summed E-state index contributed by atoms with van der Waals surface area (Å²) in [5.41, 5.74) is 14.6. The Morgan fingerprint density at radius 1 is 0.640 bits per heavy atom. The van der Waals surface area contributed by atoms with Crippen molar-refractivity contribution in [2.24, 2.45) is 0 Å². The molecular formula is C47H37NO2. The number of benzene rings is 6. The molecule has 6 aromatic carbocycles. The van der Waals surface area contributed by atoms with Crippen LogP contribution in [-0.4, -0.2) is 4.57 Å². The van der Waals surface area contributed by atoms with Gasteiger partial charge in [0.1, 0.15) is 22.5 Å². The van der Waals surface area contributed by atoms with Gasteiger partial charge in [0.2, 0.25) is 0 Å². The first kappa shape index (κ1) is 30.0. The van der Waals surface area contributed by atoms with Gasteiger partial charge >= 0.3 is 0 Å². The molecule has 0 aliphatic carbocycles. The number of para-hydroxylation sites is 2. The topological polar surface area (TPSA) is 31.2 Å². The van der Waals surface area contributed by atoms with Crippen molar-refractivity contribution >= 4 is 54.7 Å². The van der Waals surface area contributed by atoms with Gasteiger partial charge in [0, 0.05) is 56.2 Å². The minimum Gasteiger partial charge on any atom is -0.460 e. The average molecular weight is 648 g/mol. The molecule has 0 spiro atoms. The molecule has 0 atom stereocenters. The minimum atomic E-state index is 0.802. The highest BCUT2D eigenvalue weighted by Crippen LogP contribution is 2.47. The van der Waals surface area contributed by atoms with E-state index in [0.29, 0.717) is 0 Å². The van der Waals surface area contributed by atoms with Crippen LogP contribution in [0.25, 0.3) is 82.7 Å². The number of aryl methyl sites for hydroxylation is 3. The van der Waals surface area contributed by atoms with Gasteiger partial charge in [0.15, 0.2) is 0 Å². The third-order valence-corrected chi connectivity index (χ3v) is 10.3. The van der Waals surface area contributed by atoms with Crippen LogP contribution in [0.15, 0.2) is 149 Å².